The molecule has 1 aromatic rings. The van der Waals surface area contributed by atoms with E-state index < -0.39 is 13.7 Å². The third-order valence-electron chi connectivity index (χ3n) is 7.42. The van der Waals surface area contributed by atoms with E-state index in [9.17, 15) is 0 Å². The molecule has 0 bridgehead atoms. The Morgan fingerprint density at radius 1 is 0.844 bits per heavy atom. The highest BCUT2D eigenvalue weighted by Crippen LogP contribution is 2.78. The average molecular weight is 457 g/mol. The van der Waals surface area contributed by atoms with Gasteiger partial charge in [0.15, 0.2) is 5.79 Å². The lowest BCUT2D eigenvalue weighted by atomic mass is 9.87. The van der Waals surface area contributed by atoms with Crippen LogP contribution in [0.3, 0.4) is 0 Å². The van der Waals surface area contributed by atoms with E-state index in [1.165, 1.54) is 16.8 Å². The second-order valence-electron chi connectivity index (χ2n) is 11.3. The maximum Gasteiger partial charge on any atom is 0.170 e. The first-order chi connectivity index (χ1) is 15.0. The number of likely N-dealkylation sites (N-methyl/N-ethyl adjacent to an activating group) is 2. The summed E-state index contributed by atoms with van der Waals surface area (Å²) < 4.78 is 12.6. The van der Waals surface area contributed by atoms with Crippen molar-refractivity contribution in [3.8, 4) is 0 Å². The third-order valence-corrected chi connectivity index (χ3v) is 11.7. The molecule has 0 radical (unpaired) electrons. The molecule has 2 fully saturated rings. The van der Waals surface area contributed by atoms with Gasteiger partial charge in [-0.05, 0) is 42.5 Å². The van der Waals surface area contributed by atoms with Crippen LogP contribution in [0.2, 0.25) is 0 Å². The van der Waals surface area contributed by atoms with Crippen LogP contribution in [-0.4, -0.2) is 72.6 Å². The van der Waals surface area contributed by atoms with E-state index in [4.69, 9.17) is 9.47 Å². The molecule has 2 saturated heterocycles. The van der Waals surface area contributed by atoms with Gasteiger partial charge in [0.2, 0.25) is 0 Å². The van der Waals surface area contributed by atoms with Crippen molar-refractivity contribution < 1.29 is 9.47 Å². The van der Waals surface area contributed by atoms with E-state index in [2.05, 4.69) is 108 Å². The van der Waals surface area contributed by atoms with Crippen LogP contribution in [0.15, 0.2) is 48.2 Å². The van der Waals surface area contributed by atoms with Crippen LogP contribution < -0.4 is 0 Å². The summed E-state index contributed by atoms with van der Waals surface area (Å²) in [5.74, 6) is -0.426. The van der Waals surface area contributed by atoms with Crippen molar-refractivity contribution >= 4 is 13.5 Å². The van der Waals surface area contributed by atoms with Crippen molar-refractivity contribution in [1.29, 1.82) is 0 Å². The Labute approximate surface area is 196 Å². The summed E-state index contributed by atoms with van der Waals surface area (Å²) >= 11 is 0. The summed E-state index contributed by atoms with van der Waals surface area (Å²) in [5, 5.41) is 0.0703. The Bertz CT molecular complexity index is 877. The standard InChI is InChI=1S/C27H41N2O2P/c1-24(2)19-26(30-17-18-31-26)20-25(3,4)32(24)27(29(7)8)16-12-15-22(28(5)6)23(27)21-13-10-9-11-14-21/h9-15H,16-20H2,1-8H3. The van der Waals surface area contributed by atoms with Crippen LogP contribution in [0.5, 0.6) is 0 Å². The van der Waals surface area contributed by atoms with Gasteiger partial charge in [0.05, 0.1) is 18.5 Å². The van der Waals surface area contributed by atoms with Crippen molar-refractivity contribution in [2.75, 3.05) is 41.4 Å². The Kier molecular flexibility index (Phi) is 6.16. The van der Waals surface area contributed by atoms with Crippen LogP contribution in [0.25, 0.3) is 5.57 Å². The number of ether oxygens (including phenoxy) is 2. The van der Waals surface area contributed by atoms with Gasteiger partial charge < -0.3 is 14.4 Å². The first kappa shape index (κ1) is 24.0. The summed E-state index contributed by atoms with van der Waals surface area (Å²) in [6.45, 7) is 11.3. The fourth-order valence-corrected chi connectivity index (χ4v) is 12.5. The topological polar surface area (TPSA) is 24.9 Å². The van der Waals surface area contributed by atoms with Gasteiger partial charge in [-0.2, -0.15) is 0 Å². The molecule has 176 valence electrons. The molecule has 1 aliphatic carbocycles. The van der Waals surface area contributed by atoms with E-state index in [1.54, 1.807) is 0 Å². The number of benzene rings is 1. The minimum absolute atomic E-state index is 0.0777. The summed E-state index contributed by atoms with van der Waals surface area (Å²) in [7, 11) is 8.40. The zero-order chi connectivity index (χ0) is 23.4. The van der Waals surface area contributed by atoms with Crippen LogP contribution in [0.1, 0.15) is 52.5 Å². The van der Waals surface area contributed by atoms with E-state index in [-0.39, 0.29) is 15.6 Å². The molecule has 5 heteroatoms. The molecule has 1 spiro atoms. The van der Waals surface area contributed by atoms with Crippen molar-refractivity contribution in [2.45, 2.75) is 68.3 Å². The molecule has 0 amide bonds. The molecule has 0 saturated carbocycles. The normalized spacial score (nSPS) is 29.2. The highest BCUT2D eigenvalue weighted by Gasteiger charge is 2.64. The average Bonchev–Trinajstić information content (AvgIpc) is 3.12. The highest BCUT2D eigenvalue weighted by molar-refractivity contribution is 7.63. The SMILES string of the molecule is CN(C)C1=C(c2ccccc2)C(N(C)C)(P2C(C)(C)CC3(CC2(C)C)OCCO3)CC=C1. The molecule has 1 aromatic carbocycles. The molecule has 4 nitrogen and oxygen atoms in total. The van der Waals surface area contributed by atoms with Gasteiger partial charge in [0.25, 0.3) is 0 Å². The molecule has 3 aliphatic rings. The zero-order valence-corrected chi connectivity index (χ0v) is 22.1. The number of hydrogen-bond acceptors (Lipinski definition) is 4. The van der Waals surface area contributed by atoms with E-state index in [1.807, 2.05) is 0 Å². The van der Waals surface area contributed by atoms with Gasteiger partial charge >= 0.3 is 0 Å². The lowest BCUT2D eigenvalue weighted by Crippen LogP contribution is -2.59. The third kappa shape index (κ3) is 3.78. The summed E-state index contributed by atoms with van der Waals surface area (Å²) in [4.78, 5) is 4.83. The van der Waals surface area contributed by atoms with Gasteiger partial charge in [-0.25, -0.2) is 0 Å². The molecule has 0 N–H and O–H groups in total. The van der Waals surface area contributed by atoms with Crippen molar-refractivity contribution in [3.63, 3.8) is 0 Å². The van der Waals surface area contributed by atoms with Crippen molar-refractivity contribution in [3.05, 3.63) is 53.7 Å². The molecule has 2 heterocycles. The largest absolute Gasteiger partial charge is 0.377 e. The van der Waals surface area contributed by atoms with Crippen LogP contribution in [0.4, 0.5) is 0 Å². The fourth-order valence-electron chi connectivity index (χ4n) is 6.95. The van der Waals surface area contributed by atoms with Gasteiger partial charge in [-0.3, -0.25) is 4.90 Å². The molecule has 2 aliphatic heterocycles. The zero-order valence-electron chi connectivity index (χ0n) is 21.2. The molecule has 1 atom stereocenters. The number of hydrogen-bond donors (Lipinski definition) is 0. The predicted molar refractivity (Wildman–Crippen MR) is 136 cm³/mol. The van der Waals surface area contributed by atoms with Crippen molar-refractivity contribution in [1.82, 2.24) is 9.80 Å². The second kappa shape index (κ2) is 8.24. The molecule has 32 heavy (non-hydrogen) atoms. The van der Waals surface area contributed by atoms with Gasteiger partial charge in [0, 0.05) is 38.2 Å². The smallest absolute Gasteiger partial charge is 0.170 e. The first-order valence-corrected chi connectivity index (χ1v) is 13.2. The maximum absolute atomic E-state index is 6.29. The summed E-state index contributed by atoms with van der Waals surface area (Å²) in [5.41, 5.74) is 4.11. The summed E-state index contributed by atoms with van der Waals surface area (Å²) in [6, 6.07) is 11.1. The quantitative estimate of drug-likeness (QED) is 0.539. The van der Waals surface area contributed by atoms with Gasteiger partial charge in [0.1, 0.15) is 0 Å². The Hall–Kier alpha value is -1.19. The lowest BCUT2D eigenvalue weighted by Gasteiger charge is -2.64. The van der Waals surface area contributed by atoms with Crippen LogP contribution >= 0.6 is 7.92 Å². The first-order valence-electron chi connectivity index (χ1n) is 11.9. The summed E-state index contributed by atoms with van der Waals surface area (Å²) in [6.07, 6.45) is 7.66. The van der Waals surface area contributed by atoms with Gasteiger partial charge in [-0.1, -0.05) is 72.0 Å². The lowest BCUT2D eigenvalue weighted by molar-refractivity contribution is -0.179. The number of allylic oxidation sites excluding steroid dienone is 1. The fraction of sp³-hybridized carbons (Fsp3) is 0.630. The van der Waals surface area contributed by atoms with Gasteiger partial charge in [-0.15, -0.1) is 0 Å². The molecule has 4 rings (SSSR count). The Balaban J connectivity index is 1.96. The van der Waals surface area contributed by atoms with Crippen LogP contribution in [-0.2, 0) is 9.47 Å². The molecular formula is C27H41N2O2P. The van der Waals surface area contributed by atoms with Crippen LogP contribution in [0, 0.1) is 0 Å². The monoisotopic (exact) mass is 456 g/mol. The van der Waals surface area contributed by atoms with E-state index in [0.29, 0.717) is 13.2 Å². The number of rotatable bonds is 4. The Morgan fingerprint density at radius 3 is 1.91 bits per heavy atom. The maximum atomic E-state index is 6.29. The predicted octanol–water partition coefficient (Wildman–Crippen LogP) is 5.75. The molecular weight excluding hydrogens is 415 g/mol. The minimum Gasteiger partial charge on any atom is -0.377 e. The second-order valence-corrected chi connectivity index (χ2v) is 15.1. The number of nitrogens with zero attached hydrogens (tertiary/aromatic N) is 2. The van der Waals surface area contributed by atoms with E-state index >= 15 is 0 Å². The van der Waals surface area contributed by atoms with E-state index in [0.717, 1.165) is 19.3 Å². The molecule has 0 aromatic heterocycles. The van der Waals surface area contributed by atoms with Crippen molar-refractivity contribution in [2.24, 2.45) is 0 Å². The minimum atomic E-state index is -0.526. The Morgan fingerprint density at radius 2 is 1.41 bits per heavy atom. The highest BCUT2D eigenvalue weighted by atomic mass is 31.1. The molecule has 1 unspecified atom stereocenters.